The molecule has 3 aromatic carbocycles. The zero-order chi connectivity index (χ0) is 23.7. The maximum absolute atomic E-state index is 11.7. The predicted octanol–water partition coefficient (Wildman–Crippen LogP) is 5.37. The maximum atomic E-state index is 11.7. The van der Waals surface area contributed by atoms with E-state index in [1.165, 1.54) is 10.4 Å². The van der Waals surface area contributed by atoms with Crippen LogP contribution in [0.25, 0.3) is 0 Å². The molecule has 0 amide bonds. The highest BCUT2D eigenvalue weighted by atomic mass is 28.4. The summed E-state index contributed by atoms with van der Waals surface area (Å²) in [5.41, 5.74) is 1.14. The van der Waals surface area contributed by atoms with Gasteiger partial charge in [-0.2, -0.15) is 0 Å². The molecule has 0 heterocycles. The minimum Gasteiger partial charge on any atom is -0.404 e. The molecule has 0 aliphatic heterocycles. The van der Waals surface area contributed by atoms with Crippen LogP contribution in [0.15, 0.2) is 91.0 Å². The molecule has 3 aromatic rings. The van der Waals surface area contributed by atoms with E-state index >= 15 is 0 Å². The number of carbonyl (C=O) groups is 1. The molecule has 4 heteroatoms. The van der Waals surface area contributed by atoms with Crippen molar-refractivity contribution >= 4 is 25.0 Å². The standard InChI is InChI=1S/C29H36O3Si/c1-24(22-31-23-25-14-8-5-9-15-25)28(20-21-30)32-33(29(2,3)4,26-16-10-6-11-17-26)27-18-12-7-13-19-27/h5-19,21,24,28H,20,22-23H2,1-4H3/t24-,28+/m1/s1. The number of ether oxygens (including phenoxy) is 1. The molecule has 0 aliphatic carbocycles. The second-order valence-electron chi connectivity index (χ2n) is 9.70. The van der Waals surface area contributed by atoms with Gasteiger partial charge in [-0.25, -0.2) is 0 Å². The molecule has 0 unspecified atom stereocenters. The molecule has 0 N–H and O–H groups in total. The van der Waals surface area contributed by atoms with Crippen LogP contribution in [0.4, 0.5) is 0 Å². The lowest BCUT2D eigenvalue weighted by atomic mass is 10.0. The van der Waals surface area contributed by atoms with E-state index in [4.69, 9.17) is 9.16 Å². The fraction of sp³-hybridized carbons (Fsp3) is 0.345. The van der Waals surface area contributed by atoms with Crippen LogP contribution in [0, 0.1) is 5.92 Å². The van der Waals surface area contributed by atoms with Gasteiger partial charge in [-0.3, -0.25) is 0 Å². The van der Waals surface area contributed by atoms with Gasteiger partial charge in [-0.05, 0) is 21.0 Å². The Morgan fingerprint density at radius 1 is 0.818 bits per heavy atom. The largest absolute Gasteiger partial charge is 0.404 e. The molecular formula is C29H36O3Si. The first kappa shape index (κ1) is 25.1. The number of carbonyl (C=O) groups excluding carboxylic acids is 1. The fourth-order valence-corrected chi connectivity index (χ4v) is 9.25. The zero-order valence-electron chi connectivity index (χ0n) is 20.2. The number of hydrogen-bond donors (Lipinski definition) is 0. The van der Waals surface area contributed by atoms with Gasteiger partial charge in [0.15, 0.2) is 0 Å². The van der Waals surface area contributed by atoms with Crippen molar-refractivity contribution in [3.05, 3.63) is 96.6 Å². The minimum atomic E-state index is -2.73. The molecule has 33 heavy (non-hydrogen) atoms. The monoisotopic (exact) mass is 460 g/mol. The molecule has 0 saturated heterocycles. The highest BCUT2D eigenvalue weighted by molar-refractivity contribution is 6.99. The average Bonchev–Trinajstić information content (AvgIpc) is 2.82. The predicted molar refractivity (Wildman–Crippen MR) is 138 cm³/mol. The lowest BCUT2D eigenvalue weighted by Gasteiger charge is -2.46. The normalized spacial score (nSPS) is 13.9. The molecule has 0 aliphatic rings. The molecular weight excluding hydrogens is 424 g/mol. The van der Waals surface area contributed by atoms with Crippen LogP contribution in [0.2, 0.25) is 5.04 Å². The highest BCUT2D eigenvalue weighted by Crippen LogP contribution is 2.38. The van der Waals surface area contributed by atoms with Crippen molar-refractivity contribution in [3.63, 3.8) is 0 Å². The SMILES string of the molecule is C[C@H](COCc1ccccc1)[C@H](CC=O)O[Si](c1ccccc1)(c1ccccc1)C(C)(C)C. The van der Waals surface area contributed by atoms with E-state index < -0.39 is 8.32 Å². The molecule has 0 radical (unpaired) electrons. The summed E-state index contributed by atoms with van der Waals surface area (Å²) in [6.07, 6.45) is 1.10. The lowest BCUT2D eigenvalue weighted by molar-refractivity contribution is -0.110. The number of hydrogen-bond acceptors (Lipinski definition) is 3. The van der Waals surface area contributed by atoms with Gasteiger partial charge in [-0.15, -0.1) is 0 Å². The molecule has 0 aromatic heterocycles. The van der Waals surface area contributed by atoms with E-state index in [0.717, 1.165) is 11.8 Å². The molecule has 3 nitrogen and oxygen atoms in total. The first-order valence-corrected chi connectivity index (χ1v) is 13.6. The summed E-state index contributed by atoms with van der Waals surface area (Å²) < 4.78 is 13.2. The molecule has 0 spiro atoms. The van der Waals surface area contributed by atoms with E-state index in [1.54, 1.807) is 0 Å². The summed E-state index contributed by atoms with van der Waals surface area (Å²) in [5, 5.41) is 2.30. The lowest BCUT2D eigenvalue weighted by Crippen LogP contribution is -2.68. The van der Waals surface area contributed by atoms with Crippen molar-refractivity contribution in [1.82, 2.24) is 0 Å². The first-order chi connectivity index (χ1) is 15.9. The minimum absolute atomic E-state index is 0.0700. The van der Waals surface area contributed by atoms with Crippen LogP contribution in [0.5, 0.6) is 0 Å². The second-order valence-corrected chi connectivity index (χ2v) is 14.0. The van der Waals surface area contributed by atoms with Gasteiger partial charge in [0.1, 0.15) is 6.29 Å². The molecule has 0 fully saturated rings. The Hall–Kier alpha value is -2.53. The summed E-state index contributed by atoms with van der Waals surface area (Å²) >= 11 is 0. The van der Waals surface area contributed by atoms with Crippen molar-refractivity contribution < 1.29 is 14.0 Å². The fourth-order valence-electron chi connectivity index (χ4n) is 4.45. The van der Waals surface area contributed by atoms with E-state index in [2.05, 4.69) is 88.4 Å². The van der Waals surface area contributed by atoms with Crippen molar-refractivity contribution in [2.45, 2.75) is 51.9 Å². The van der Waals surface area contributed by atoms with E-state index in [-0.39, 0.29) is 17.1 Å². The number of benzene rings is 3. The smallest absolute Gasteiger partial charge is 0.261 e. The van der Waals surface area contributed by atoms with Crippen LogP contribution in [-0.2, 0) is 20.6 Å². The van der Waals surface area contributed by atoms with E-state index in [9.17, 15) is 4.79 Å². The van der Waals surface area contributed by atoms with Crippen LogP contribution >= 0.6 is 0 Å². The summed E-state index contributed by atoms with van der Waals surface area (Å²) in [6.45, 7) is 9.98. The third kappa shape index (κ3) is 6.08. The third-order valence-corrected chi connectivity index (χ3v) is 11.3. The molecule has 0 saturated carbocycles. The number of rotatable bonds is 11. The second kappa shape index (κ2) is 11.6. The summed E-state index contributed by atoms with van der Waals surface area (Å²) in [4.78, 5) is 11.7. The van der Waals surface area contributed by atoms with E-state index in [0.29, 0.717) is 19.6 Å². The quantitative estimate of drug-likeness (QED) is 0.285. The molecule has 174 valence electrons. The zero-order valence-corrected chi connectivity index (χ0v) is 21.2. The van der Waals surface area contributed by atoms with Gasteiger partial charge < -0.3 is 14.0 Å². The van der Waals surface area contributed by atoms with Gasteiger partial charge in [0.2, 0.25) is 0 Å². The molecule has 2 atom stereocenters. The topological polar surface area (TPSA) is 35.5 Å². The average molecular weight is 461 g/mol. The van der Waals surface area contributed by atoms with Gasteiger partial charge in [0.25, 0.3) is 8.32 Å². The Balaban J connectivity index is 1.92. The van der Waals surface area contributed by atoms with Gasteiger partial charge in [-0.1, -0.05) is 119 Å². The summed E-state index contributed by atoms with van der Waals surface area (Å²) in [6, 6.07) is 31.3. The Morgan fingerprint density at radius 3 is 1.76 bits per heavy atom. The first-order valence-electron chi connectivity index (χ1n) is 11.7. The van der Waals surface area contributed by atoms with Gasteiger partial charge >= 0.3 is 0 Å². The van der Waals surface area contributed by atoms with Crippen LogP contribution < -0.4 is 10.4 Å². The van der Waals surface area contributed by atoms with Gasteiger partial charge in [0.05, 0.1) is 19.3 Å². The summed E-state index contributed by atoms with van der Waals surface area (Å²) in [7, 11) is -2.73. The Labute approximate surface area is 199 Å². The molecule has 3 rings (SSSR count). The van der Waals surface area contributed by atoms with Crippen LogP contribution in [0.1, 0.15) is 39.7 Å². The maximum Gasteiger partial charge on any atom is 0.261 e. The van der Waals surface area contributed by atoms with Crippen molar-refractivity contribution in [2.24, 2.45) is 5.92 Å². The Morgan fingerprint density at radius 2 is 1.30 bits per heavy atom. The van der Waals surface area contributed by atoms with Crippen LogP contribution in [-0.4, -0.2) is 27.3 Å². The van der Waals surface area contributed by atoms with Crippen molar-refractivity contribution in [1.29, 1.82) is 0 Å². The van der Waals surface area contributed by atoms with Crippen molar-refractivity contribution in [2.75, 3.05) is 6.61 Å². The summed E-state index contributed by atoms with van der Waals surface area (Å²) in [5.74, 6) is 0.0700. The number of aldehydes is 1. The van der Waals surface area contributed by atoms with Gasteiger partial charge in [0, 0.05) is 12.3 Å². The Kier molecular flexibility index (Phi) is 8.78. The third-order valence-electron chi connectivity index (χ3n) is 6.20. The highest BCUT2D eigenvalue weighted by Gasteiger charge is 2.51. The molecule has 0 bridgehead atoms. The van der Waals surface area contributed by atoms with Crippen LogP contribution in [0.3, 0.4) is 0 Å². The Bertz CT molecular complexity index is 929. The van der Waals surface area contributed by atoms with E-state index in [1.807, 2.05) is 30.3 Å². The van der Waals surface area contributed by atoms with Crippen molar-refractivity contribution in [3.8, 4) is 0 Å².